The number of hydrogen-bond acceptors (Lipinski definition) is 2. The van der Waals surface area contributed by atoms with Crippen LogP contribution >= 0.6 is 0 Å². The van der Waals surface area contributed by atoms with E-state index in [4.69, 9.17) is 4.99 Å². The second kappa shape index (κ2) is 5.23. The number of rotatable bonds is 0. The lowest BCUT2D eigenvalue weighted by Gasteiger charge is -2.38. The summed E-state index contributed by atoms with van der Waals surface area (Å²) in [4.78, 5) is 7.55. The highest BCUT2D eigenvalue weighted by Crippen LogP contribution is 2.42. The zero-order valence-corrected chi connectivity index (χ0v) is 14.3. The number of benzene rings is 2. The van der Waals surface area contributed by atoms with Crippen LogP contribution in [0.15, 0.2) is 47.5 Å². The van der Waals surface area contributed by atoms with Crippen LogP contribution in [0.1, 0.15) is 49.8 Å². The van der Waals surface area contributed by atoms with Crippen molar-refractivity contribution in [3.05, 3.63) is 59.2 Å². The monoisotopic (exact) mass is 304 g/mol. The molecule has 2 aliphatic heterocycles. The Hall–Kier alpha value is -2.09. The predicted octanol–water partition coefficient (Wildman–Crippen LogP) is 5.40. The predicted molar refractivity (Wildman–Crippen MR) is 97.9 cm³/mol. The molecule has 0 unspecified atom stereocenters. The maximum Gasteiger partial charge on any atom is 0.109 e. The fourth-order valence-corrected chi connectivity index (χ4v) is 3.96. The number of aliphatic imine (C=N–C) groups is 1. The van der Waals surface area contributed by atoms with E-state index in [0.717, 1.165) is 12.8 Å². The number of amidine groups is 1. The SMILES string of the molecule is Cc1cccc2c1N(C1=NC(C)(C)CCC1)c1ccccc1C2. The molecule has 0 saturated carbocycles. The van der Waals surface area contributed by atoms with E-state index >= 15 is 0 Å². The Morgan fingerprint density at radius 2 is 1.78 bits per heavy atom. The molecule has 0 fully saturated rings. The molecule has 2 aromatic carbocycles. The van der Waals surface area contributed by atoms with Crippen LogP contribution in [0.4, 0.5) is 11.4 Å². The minimum Gasteiger partial charge on any atom is -0.298 e. The van der Waals surface area contributed by atoms with E-state index in [9.17, 15) is 0 Å². The highest BCUT2D eigenvalue weighted by Gasteiger charge is 2.31. The van der Waals surface area contributed by atoms with Crippen LogP contribution in [-0.4, -0.2) is 11.4 Å². The lowest BCUT2D eigenvalue weighted by Crippen LogP contribution is -2.36. The van der Waals surface area contributed by atoms with Crippen molar-refractivity contribution in [2.24, 2.45) is 4.99 Å². The molecule has 0 aliphatic carbocycles. The standard InChI is InChI=1S/C21H24N2/c1-15-8-6-10-17-14-16-9-4-5-11-18(16)23(20(15)17)19-12-7-13-21(2,3)22-19/h4-6,8-11H,7,12-14H2,1-3H3. The molecule has 0 atom stereocenters. The summed E-state index contributed by atoms with van der Waals surface area (Å²) < 4.78 is 0. The lowest BCUT2D eigenvalue weighted by molar-refractivity contribution is 0.446. The van der Waals surface area contributed by atoms with Gasteiger partial charge in [0.25, 0.3) is 0 Å². The number of nitrogens with zero attached hydrogens (tertiary/aromatic N) is 2. The highest BCUT2D eigenvalue weighted by atomic mass is 15.2. The quantitative estimate of drug-likeness (QED) is 0.636. The molecule has 0 aromatic heterocycles. The maximum atomic E-state index is 5.12. The van der Waals surface area contributed by atoms with Crippen molar-refractivity contribution in [3.63, 3.8) is 0 Å². The molecule has 2 nitrogen and oxygen atoms in total. The van der Waals surface area contributed by atoms with Crippen LogP contribution in [0.3, 0.4) is 0 Å². The molecule has 0 bridgehead atoms. The van der Waals surface area contributed by atoms with Gasteiger partial charge in [-0.2, -0.15) is 0 Å². The Morgan fingerprint density at radius 1 is 1.00 bits per heavy atom. The van der Waals surface area contributed by atoms with Gasteiger partial charge >= 0.3 is 0 Å². The number of fused-ring (bicyclic) bond motifs is 2. The Labute approximate surface area is 138 Å². The molecule has 2 aromatic rings. The summed E-state index contributed by atoms with van der Waals surface area (Å²) >= 11 is 0. The third-order valence-corrected chi connectivity index (χ3v) is 5.04. The van der Waals surface area contributed by atoms with Crippen LogP contribution in [0.5, 0.6) is 0 Å². The van der Waals surface area contributed by atoms with Crippen molar-refractivity contribution in [1.82, 2.24) is 0 Å². The molecule has 2 aliphatic rings. The van der Waals surface area contributed by atoms with E-state index < -0.39 is 0 Å². The van der Waals surface area contributed by atoms with Crippen LogP contribution in [-0.2, 0) is 6.42 Å². The molecule has 0 saturated heterocycles. The smallest absolute Gasteiger partial charge is 0.109 e. The highest BCUT2D eigenvalue weighted by molar-refractivity contribution is 6.07. The molecule has 2 heterocycles. The third-order valence-electron chi connectivity index (χ3n) is 5.04. The average Bonchev–Trinajstić information content (AvgIpc) is 2.52. The Morgan fingerprint density at radius 3 is 2.61 bits per heavy atom. The number of hydrogen-bond donors (Lipinski definition) is 0. The Kier molecular flexibility index (Phi) is 3.29. The van der Waals surface area contributed by atoms with E-state index in [1.807, 2.05) is 0 Å². The summed E-state index contributed by atoms with van der Waals surface area (Å²) in [5, 5.41) is 0. The summed E-state index contributed by atoms with van der Waals surface area (Å²) in [5.41, 5.74) is 6.85. The molecule has 2 heteroatoms. The van der Waals surface area contributed by atoms with Gasteiger partial charge in [-0.25, -0.2) is 0 Å². The zero-order chi connectivity index (χ0) is 16.0. The summed E-state index contributed by atoms with van der Waals surface area (Å²) in [6, 6.07) is 15.4. The molecule has 0 N–H and O–H groups in total. The lowest BCUT2D eigenvalue weighted by atomic mass is 9.90. The molecule has 0 spiro atoms. The van der Waals surface area contributed by atoms with Gasteiger partial charge in [0.1, 0.15) is 5.84 Å². The fourth-order valence-electron chi connectivity index (χ4n) is 3.96. The first-order valence-electron chi connectivity index (χ1n) is 8.60. The van der Waals surface area contributed by atoms with E-state index in [1.165, 1.54) is 46.7 Å². The topological polar surface area (TPSA) is 15.6 Å². The number of para-hydroxylation sites is 2. The number of anilines is 2. The van der Waals surface area contributed by atoms with Crippen molar-refractivity contribution in [3.8, 4) is 0 Å². The molecule has 4 rings (SSSR count). The fraction of sp³-hybridized carbons (Fsp3) is 0.381. The Bertz CT molecular complexity index is 786. The maximum absolute atomic E-state index is 5.12. The van der Waals surface area contributed by atoms with Gasteiger partial charge < -0.3 is 0 Å². The van der Waals surface area contributed by atoms with Gasteiger partial charge in [-0.05, 0) is 56.4 Å². The summed E-state index contributed by atoms with van der Waals surface area (Å²) in [5.74, 6) is 1.23. The molecule has 118 valence electrons. The molecular formula is C21H24N2. The Balaban J connectivity index is 1.94. The van der Waals surface area contributed by atoms with Crippen LogP contribution in [0.2, 0.25) is 0 Å². The second-order valence-electron chi connectivity index (χ2n) is 7.42. The van der Waals surface area contributed by atoms with Crippen molar-refractivity contribution < 1.29 is 0 Å². The summed E-state index contributed by atoms with van der Waals surface area (Å²) in [6.45, 7) is 6.72. The van der Waals surface area contributed by atoms with Gasteiger partial charge in [-0.15, -0.1) is 0 Å². The van der Waals surface area contributed by atoms with E-state index in [1.54, 1.807) is 0 Å². The zero-order valence-electron chi connectivity index (χ0n) is 14.3. The molecule has 0 amide bonds. The van der Waals surface area contributed by atoms with Crippen LogP contribution < -0.4 is 4.90 Å². The third kappa shape index (κ3) is 2.46. The van der Waals surface area contributed by atoms with Crippen molar-refractivity contribution in [2.45, 2.75) is 52.0 Å². The minimum atomic E-state index is 0.0445. The van der Waals surface area contributed by atoms with Gasteiger partial charge in [0.05, 0.1) is 16.9 Å². The van der Waals surface area contributed by atoms with E-state index in [-0.39, 0.29) is 5.54 Å². The van der Waals surface area contributed by atoms with Gasteiger partial charge in [-0.3, -0.25) is 9.89 Å². The largest absolute Gasteiger partial charge is 0.298 e. The minimum absolute atomic E-state index is 0.0445. The summed E-state index contributed by atoms with van der Waals surface area (Å²) in [7, 11) is 0. The van der Waals surface area contributed by atoms with Gasteiger partial charge in [0, 0.05) is 12.8 Å². The van der Waals surface area contributed by atoms with Crippen LogP contribution in [0, 0.1) is 6.92 Å². The normalized spacial score (nSPS) is 18.9. The van der Waals surface area contributed by atoms with Crippen molar-refractivity contribution in [1.29, 1.82) is 0 Å². The molecule has 23 heavy (non-hydrogen) atoms. The second-order valence-corrected chi connectivity index (χ2v) is 7.42. The first-order valence-corrected chi connectivity index (χ1v) is 8.60. The first kappa shape index (κ1) is 14.5. The summed E-state index contributed by atoms with van der Waals surface area (Å²) in [6.07, 6.45) is 4.46. The van der Waals surface area contributed by atoms with Crippen molar-refractivity contribution >= 4 is 17.2 Å². The van der Waals surface area contributed by atoms with Crippen LogP contribution in [0.25, 0.3) is 0 Å². The number of aryl methyl sites for hydroxylation is 1. The molecular weight excluding hydrogens is 280 g/mol. The van der Waals surface area contributed by atoms with E-state index in [2.05, 4.69) is 68.1 Å². The van der Waals surface area contributed by atoms with Gasteiger partial charge in [0.2, 0.25) is 0 Å². The molecule has 0 radical (unpaired) electrons. The van der Waals surface area contributed by atoms with E-state index in [0.29, 0.717) is 0 Å². The van der Waals surface area contributed by atoms with Crippen molar-refractivity contribution in [2.75, 3.05) is 4.90 Å². The van der Waals surface area contributed by atoms with Gasteiger partial charge in [-0.1, -0.05) is 36.4 Å². The first-order chi connectivity index (χ1) is 11.1. The van der Waals surface area contributed by atoms with Gasteiger partial charge in [0.15, 0.2) is 0 Å². The average molecular weight is 304 g/mol.